The van der Waals surface area contributed by atoms with Crippen molar-refractivity contribution < 1.29 is 4.79 Å². The van der Waals surface area contributed by atoms with Crippen LogP contribution in [0.25, 0.3) is 10.9 Å². The SMILES string of the molecule is CC(=O)N1CCN(c2c[nH]c3ccccc23)CC1(C)C. The summed E-state index contributed by atoms with van der Waals surface area (Å²) >= 11 is 0. The normalized spacial score (nSPS) is 18.6. The van der Waals surface area contributed by atoms with Crippen LogP contribution in [0, 0.1) is 0 Å². The molecule has 2 aromatic rings. The first-order valence-electron chi connectivity index (χ1n) is 7.08. The predicted octanol–water partition coefficient (Wildman–Crippen LogP) is 2.62. The predicted molar refractivity (Wildman–Crippen MR) is 82.0 cm³/mol. The minimum atomic E-state index is -0.136. The van der Waals surface area contributed by atoms with Crippen LogP contribution in [0.2, 0.25) is 0 Å². The Morgan fingerprint density at radius 3 is 2.70 bits per heavy atom. The van der Waals surface area contributed by atoms with Crippen molar-refractivity contribution in [3.05, 3.63) is 30.5 Å². The fourth-order valence-corrected chi connectivity index (χ4v) is 3.26. The lowest BCUT2D eigenvalue weighted by atomic mass is 9.98. The van der Waals surface area contributed by atoms with E-state index in [1.54, 1.807) is 6.92 Å². The highest BCUT2D eigenvalue weighted by Gasteiger charge is 2.35. The number of nitrogens with one attached hydrogen (secondary N) is 1. The fourth-order valence-electron chi connectivity index (χ4n) is 3.26. The number of aromatic nitrogens is 1. The molecule has 20 heavy (non-hydrogen) atoms. The number of carbonyl (C=O) groups excluding carboxylic acids is 1. The van der Waals surface area contributed by atoms with Crippen molar-refractivity contribution in [3.63, 3.8) is 0 Å². The van der Waals surface area contributed by atoms with Gasteiger partial charge < -0.3 is 14.8 Å². The van der Waals surface area contributed by atoms with Gasteiger partial charge in [-0.2, -0.15) is 0 Å². The van der Waals surface area contributed by atoms with Gasteiger partial charge in [-0.3, -0.25) is 4.79 Å². The summed E-state index contributed by atoms with van der Waals surface area (Å²) in [5, 5.41) is 1.25. The summed E-state index contributed by atoms with van der Waals surface area (Å²) in [5.74, 6) is 0.161. The zero-order valence-corrected chi connectivity index (χ0v) is 12.3. The van der Waals surface area contributed by atoms with E-state index in [4.69, 9.17) is 0 Å². The van der Waals surface area contributed by atoms with Crippen LogP contribution in [0.5, 0.6) is 0 Å². The van der Waals surface area contributed by atoms with Crippen LogP contribution in [0.3, 0.4) is 0 Å². The third-order valence-corrected chi connectivity index (χ3v) is 4.19. The summed E-state index contributed by atoms with van der Waals surface area (Å²) in [6, 6.07) is 8.35. The maximum absolute atomic E-state index is 11.7. The van der Waals surface area contributed by atoms with Crippen molar-refractivity contribution in [2.45, 2.75) is 26.3 Å². The number of benzene rings is 1. The average molecular weight is 271 g/mol. The van der Waals surface area contributed by atoms with Gasteiger partial charge in [0.2, 0.25) is 5.91 Å². The second-order valence-electron chi connectivity index (χ2n) is 6.12. The maximum atomic E-state index is 11.7. The number of carbonyl (C=O) groups is 1. The molecular weight excluding hydrogens is 250 g/mol. The molecule has 4 heteroatoms. The molecular formula is C16H21N3O. The van der Waals surface area contributed by atoms with Gasteiger partial charge in [0.15, 0.2) is 0 Å². The van der Waals surface area contributed by atoms with Crippen LogP contribution < -0.4 is 4.90 Å². The Hall–Kier alpha value is -1.97. The lowest BCUT2D eigenvalue weighted by molar-refractivity contribution is -0.134. The summed E-state index contributed by atoms with van der Waals surface area (Å²) in [6.07, 6.45) is 2.07. The van der Waals surface area contributed by atoms with E-state index in [1.165, 1.54) is 11.1 Å². The topological polar surface area (TPSA) is 39.3 Å². The number of aromatic amines is 1. The number of hydrogen-bond acceptors (Lipinski definition) is 2. The van der Waals surface area contributed by atoms with Crippen molar-refractivity contribution in [1.82, 2.24) is 9.88 Å². The zero-order valence-electron chi connectivity index (χ0n) is 12.3. The molecule has 0 saturated carbocycles. The third kappa shape index (κ3) is 2.05. The minimum absolute atomic E-state index is 0.136. The van der Waals surface area contributed by atoms with Gasteiger partial charge in [0, 0.05) is 43.7 Å². The number of piperazine rings is 1. The summed E-state index contributed by atoms with van der Waals surface area (Å²) in [5.41, 5.74) is 2.26. The zero-order chi connectivity index (χ0) is 14.3. The molecule has 1 aliphatic heterocycles. The molecule has 1 aromatic carbocycles. The molecule has 0 atom stereocenters. The molecule has 0 radical (unpaired) electrons. The summed E-state index contributed by atoms with van der Waals surface area (Å²) in [7, 11) is 0. The lowest BCUT2D eigenvalue weighted by Crippen LogP contribution is -2.60. The highest BCUT2D eigenvalue weighted by Crippen LogP contribution is 2.31. The molecule has 4 nitrogen and oxygen atoms in total. The lowest BCUT2D eigenvalue weighted by Gasteiger charge is -2.47. The van der Waals surface area contributed by atoms with Crippen molar-refractivity contribution >= 4 is 22.5 Å². The second kappa shape index (κ2) is 4.54. The highest BCUT2D eigenvalue weighted by atomic mass is 16.2. The van der Waals surface area contributed by atoms with E-state index in [0.717, 1.165) is 25.2 Å². The molecule has 0 aliphatic carbocycles. The molecule has 2 heterocycles. The van der Waals surface area contributed by atoms with Crippen LogP contribution in [-0.2, 0) is 4.79 Å². The fraction of sp³-hybridized carbons (Fsp3) is 0.438. The molecule has 0 bridgehead atoms. The van der Waals surface area contributed by atoms with Crippen molar-refractivity contribution in [3.8, 4) is 0 Å². The van der Waals surface area contributed by atoms with E-state index in [1.807, 2.05) is 11.0 Å². The van der Waals surface area contributed by atoms with E-state index in [9.17, 15) is 4.79 Å². The van der Waals surface area contributed by atoms with Crippen LogP contribution in [0.15, 0.2) is 30.5 Å². The van der Waals surface area contributed by atoms with Gasteiger partial charge in [0.05, 0.1) is 11.2 Å². The summed E-state index contributed by atoms with van der Waals surface area (Å²) in [6.45, 7) is 8.44. The van der Waals surface area contributed by atoms with Crippen molar-refractivity contribution in [2.75, 3.05) is 24.5 Å². The average Bonchev–Trinajstić information content (AvgIpc) is 2.80. The van der Waals surface area contributed by atoms with Crippen LogP contribution in [0.1, 0.15) is 20.8 Å². The Labute approximate surface area is 119 Å². The van der Waals surface area contributed by atoms with Crippen molar-refractivity contribution in [1.29, 1.82) is 0 Å². The maximum Gasteiger partial charge on any atom is 0.220 e. The van der Waals surface area contributed by atoms with Crippen LogP contribution in [-0.4, -0.2) is 41.0 Å². The number of amides is 1. The molecule has 3 rings (SSSR count). The molecule has 0 spiro atoms. The van der Waals surface area contributed by atoms with Gasteiger partial charge in [-0.1, -0.05) is 18.2 Å². The summed E-state index contributed by atoms with van der Waals surface area (Å²) < 4.78 is 0. The molecule has 0 unspecified atom stereocenters. The Balaban J connectivity index is 1.91. The van der Waals surface area contributed by atoms with Gasteiger partial charge in [-0.25, -0.2) is 0 Å². The number of H-pyrrole nitrogens is 1. The summed E-state index contributed by atoms with van der Waals surface area (Å²) in [4.78, 5) is 19.4. The van der Waals surface area contributed by atoms with E-state index in [0.29, 0.717) is 0 Å². The monoisotopic (exact) mass is 271 g/mol. The Bertz CT molecular complexity index is 644. The molecule has 1 N–H and O–H groups in total. The number of anilines is 1. The van der Waals surface area contributed by atoms with Gasteiger partial charge >= 0.3 is 0 Å². The molecule has 1 saturated heterocycles. The number of hydrogen-bond donors (Lipinski definition) is 1. The number of para-hydroxylation sites is 1. The first kappa shape index (κ1) is 13.0. The minimum Gasteiger partial charge on any atom is -0.366 e. The van der Waals surface area contributed by atoms with Gasteiger partial charge in [-0.15, -0.1) is 0 Å². The molecule has 1 fully saturated rings. The standard InChI is InChI=1S/C16H21N3O/c1-12(20)19-9-8-18(11-16(19,2)3)15-10-17-14-7-5-4-6-13(14)15/h4-7,10,17H,8-9,11H2,1-3H3. The molecule has 1 amide bonds. The third-order valence-electron chi connectivity index (χ3n) is 4.19. The smallest absolute Gasteiger partial charge is 0.220 e. The highest BCUT2D eigenvalue weighted by molar-refractivity contribution is 5.93. The van der Waals surface area contributed by atoms with E-state index >= 15 is 0 Å². The quantitative estimate of drug-likeness (QED) is 0.866. The number of rotatable bonds is 1. The molecule has 106 valence electrons. The van der Waals surface area contributed by atoms with Gasteiger partial charge in [-0.05, 0) is 19.9 Å². The Morgan fingerprint density at radius 1 is 1.25 bits per heavy atom. The van der Waals surface area contributed by atoms with Crippen LogP contribution in [0.4, 0.5) is 5.69 Å². The van der Waals surface area contributed by atoms with E-state index < -0.39 is 0 Å². The Kier molecular flexibility index (Phi) is 2.96. The van der Waals surface area contributed by atoms with E-state index in [2.05, 4.69) is 48.1 Å². The number of fused-ring (bicyclic) bond motifs is 1. The molecule has 1 aromatic heterocycles. The second-order valence-corrected chi connectivity index (χ2v) is 6.12. The largest absolute Gasteiger partial charge is 0.366 e. The Morgan fingerprint density at radius 2 is 2.00 bits per heavy atom. The first-order chi connectivity index (χ1) is 9.49. The van der Waals surface area contributed by atoms with Gasteiger partial charge in [0.1, 0.15) is 0 Å². The van der Waals surface area contributed by atoms with Gasteiger partial charge in [0.25, 0.3) is 0 Å². The molecule has 1 aliphatic rings. The van der Waals surface area contributed by atoms with Crippen LogP contribution >= 0.6 is 0 Å². The van der Waals surface area contributed by atoms with Crippen molar-refractivity contribution in [2.24, 2.45) is 0 Å². The van der Waals surface area contributed by atoms with E-state index in [-0.39, 0.29) is 11.4 Å². The number of nitrogens with zero attached hydrogens (tertiary/aromatic N) is 2. The first-order valence-corrected chi connectivity index (χ1v) is 7.08.